The van der Waals surface area contributed by atoms with Crippen LogP contribution in [-0.4, -0.2) is 90.0 Å². The second-order valence-electron chi connectivity index (χ2n) is 12.0. The Bertz CT molecular complexity index is 1050. The number of Topliss-reactive ketones (excluding diaryl/α,β-unsaturated/α-hetero) is 1. The molecule has 2 saturated carbocycles. The Morgan fingerprint density at radius 1 is 1.08 bits per heavy atom. The van der Waals surface area contributed by atoms with Crippen molar-refractivity contribution in [2.24, 2.45) is 16.7 Å². The van der Waals surface area contributed by atoms with Crippen LogP contribution in [0.5, 0.6) is 0 Å². The zero-order valence-electron chi connectivity index (χ0n) is 23.2. The summed E-state index contributed by atoms with van der Waals surface area (Å²) in [5.41, 5.74) is -6.60. The lowest BCUT2D eigenvalue weighted by atomic mass is 9.43. The van der Waals surface area contributed by atoms with Gasteiger partial charge in [-0.05, 0) is 31.9 Å². The molecule has 2 bridgehead atoms. The number of hydrogen-bond acceptors (Lipinski definition) is 10. The van der Waals surface area contributed by atoms with E-state index in [-0.39, 0.29) is 25.2 Å². The van der Waals surface area contributed by atoms with Crippen molar-refractivity contribution >= 4 is 17.7 Å². The van der Waals surface area contributed by atoms with Crippen LogP contribution in [-0.2, 0) is 38.1 Å². The fraction of sp³-hybridized carbons (Fsp3) is 0.815. The zero-order valence-corrected chi connectivity index (χ0v) is 23.2. The van der Waals surface area contributed by atoms with E-state index in [1.807, 2.05) is 0 Å². The predicted octanol–water partition coefficient (Wildman–Crippen LogP) is 1.49. The molecule has 2 N–H and O–H groups in total. The van der Waals surface area contributed by atoms with E-state index in [4.69, 9.17) is 23.7 Å². The summed E-state index contributed by atoms with van der Waals surface area (Å²) in [4.78, 5) is 40.0. The van der Waals surface area contributed by atoms with E-state index in [1.54, 1.807) is 34.6 Å². The van der Waals surface area contributed by atoms with Gasteiger partial charge in [0.2, 0.25) is 0 Å². The van der Waals surface area contributed by atoms with Crippen molar-refractivity contribution in [1.29, 1.82) is 0 Å². The van der Waals surface area contributed by atoms with Gasteiger partial charge in [0, 0.05) is 46.3 Å². The molecule has 0 aromatic rings. The second-order valence-corrected chi connectivity index (χ2v) is 12.0. The van der Waals surface area contributed by atoms with Crippen molar-refractivity contribution in [3.05, 3.63) is 11.1 Å². The Balaban J connectivity index is 2.16. The Hall–Kier alpha value is -1.85. The highest BCUT2D eigenvalue weighted by atomic mass is 16.6. The molecule has 0 unspecified atom stereocenters. The van der Waals surface area contributed by atoms with Crippen LogP contribution in [0.25, 0.3) is 0 Å². The molecule has 37 heavy (non-hydrogen) atoms. The van der Waals surface area contributed by atoms with Crippen molar-refractivity contribution in [3.8, 4) is 0 Å². The molecular formula is C27H40O10. The van der Waals surface area contributed by atoms with E-state index in [0.29, 0.717) is 11.1 Å². The molecule has 0 amide bonds. The molecule has 0 spiro atoms. The van der Waals surface area contributed by atoms with Crippen molar-refractivity contribution in [2.45, 2.75) is 103 Å². The Kier molecular flexibility index (Phi) is 6.53. The maximum atomic E-state index is 14.9. The molecule has 208 valence electrons. The fourth-order valence-corrected chi connectivity index (χ4v) is 8.16. The third-order valence-electron chi connectivity index (χ3n) is 9.92. The van der Waals surface area contributed by atoms with Crippen molar-refractivity contribution < 1.29 is 48.3 Å². The van der Waals surface area contributed by atoms with E-state index in [9.17, 15) is 24.6 Å². The van der Waals surface area contributed by atoms with Gasteiger partial charge in [0.25, 0.3) is 0 Å². The smallest absolute Gasteiger partial charge is 0.303 e. The first-order valence-electron chi connectivity index (χ1n) is 12.7. The third-order valence-corrected chi connectivity index (χ3v) is 9.92. The van der Waals surface area contributed by atoms with E-state index in [2.05, 4.69) is 0 Å². The minimum Gasteiger partial charge on any atom is -0.459 e. The van der Waals surface area contributed by atoms with E-state index in [0.717, 1.165) is 0 Å². The number of fused-ring (bicyclic) bond motifs is 5. The van der Waals surface area contributed by atoms with Gasteiger partial charge in [-0.2, -0.15) is 0 Å². The lowest BCUT2D eigenvalue weighted by Gasteiger charge is -2.68. The van der Waals surface area contributed by atoms with Gasteiger partial charge in [0.15, 0.2) is 11.4 Å². The minimum atomic E-state index is -1.89. The molecule has 0 aromatic heterocycles. The standard InChI is InChI=1S/C27H40O10/c1-13-16(30)11-27(32)21(36-14(2)28)20-24(6,22(31)25(7,34-9)19(13)23(27,4)5)17(33-8)10-18-26(20,12-35-18)37-15(3)29/h16-18,20-21,30,32H,10-12H2,1-9H3/t16-,17-,18+,20-,21-,24+,25+,26-,27+/m0/s1. The summed E-state index contributed by atoms with van der Waals surface area (Å²) in [6.07, 6.45) is -3.85. The van der Waals surface area contributed by atoms with Crippen LogP contribution in [0.15, 0.2) is 11.1 Å². The zero-order chi connectivity index (χ0) is 27.9. The number of ether oxygens (including phenoxy) is 5. The molecule has 1 aliphatic heterocycles. The topological polar surface area (TPSA) is 138 Å². The SMILES string of the molecule is CO[C@H]1C[C@H]2OC[C@@]2(OC(C)=O)[C@H]2[C@H](OC(C)=O)[C@]3(O)C[C@H](O)C(C)=C(C3(C)C)[C@@](C)(OC)C(=O)[C@]12C. The summed E-state index contributed by atoms with van der Waals surface area (Å²) in [5, 5.41) is 23.9. The summed E-state index contributed by atoms with van der Waals surface area (Å²) in [5.74, 6) is -2.74. The molecule has 4 aliphatic rings. The van der Waals surface area contributed by atoms with Crippen LogP contribution < -0.4 is 0 Å². The summed E-state index contributed by atoms with van der Waals surface area (Å²) >= 11 is 0. The molecule has 9 atom stereocenters. The molecule has 4 rings (SSSR count). The first kappa shape index (κ1) is 28.2. The van der Waals surface area contributed by atoms with E-state index >= 15 is 0 Å². The number of carbonyl (C=O) groups is 3. The monoisotopic (exact) mass is 524 g/mol. The van der Waals surface area contributed by atoms with Gasteiger partial charge < -0.3 is 33.9 Å². The maximum absolute atomic E-state index is 14.9. The first-order valence-corrected chi connectivity index (χ1v) is 12.7. The van der Waals surface area contributed by atoms with Crippen molar-refractivity contribution in [2.75, 3.05) is 20.8 Å². The average molecular weight is 525 g/mol. The Morgan fingerprint density at radius 2 is 1.70 bits per heavy atom. The van der Waals surface area contributed by atoms with Gasteiger partial charge in [-0.15, -0.1) is 0 Å². The normalized spacial score (nSPS) is 46.6. The number of methoxy groups -OCH3 is 2. The van der Waals surface area contributed by atoms with Gasteiger partial charge >= 0.3 is 11.9 Å². The third kappa shape index (κ3) is 3.38. The molecule has 3 fully saturated rings. The molecule has 0 aromatic carbocycles. The number of ketones is 1. The molecule has 1 heterocycles. The van der Waals surface area contributed by atoms with Crippen molar-refractivity contribution in [3.63, 3.8) is 0 Å². The summed E-state index contributed by atoms with van der Waals surface area (Å²) in [6.45, 7) is 11.0. The lowest BCUT2D eigenvalue weighted by Crippen LogP contribution is -2.82. The molecular weight excluding hydrogens is 484 g/mol. The Morgan fingerprint density at radius 3 is 2.16 bits per heavy atom. The number of carbonyl (C=O) groups excluding carboxylic acids is 3. The first-order chi connectivity index (χ1) is 17.0. The van der Waals surface area contributed by atoms with Crippen molar-refractivity contribution in [1.82, 2.24) is 0 Å². The summed E-state index contributed by atoms with van der Waals surface area (Å²) < 4.78 is 29.7. The van der Waals surface area contributed by atoms with Crippen LogP contribution in [0.4, 0.5) is 0 Å². The number of aliphatic hydroxyl groups excluding tert-OH is 1. The van der Waals surface area contributed by atoms with Gasteiger partial charge in [-0.1, -0.05) is 13.8 Å². The molecule has 10 heteroatoms. The average Bonchev–Trinajstić information content (AvgIpc) is 2.78. The molecule has 0 radical (unpaired) electrons. The van der Waals surface area contributed by atoms with Gasteiger partial charge in [0.1, 0.15) is 23.4 Å². The van der Waals surface area contributed by atoms with Gasteiger partial charge in [0.05, 0.1) is 30.1 Å². The quantitative estimate of drug-likeness (QED) is 0.411. The van der Waals surface area contributed by atoms with Crippen LogP contribution in [0.3, 0.4) is 0 Å². The Labute approximate surface area is 217 Å². The van der Waals surface area contributed by atoms with Gasteiger partial charge in [-0.25, -0.2) is 0 Å². The largest absolute Gasteiger partial charge is 0.459 e. The van der Waals surface area contributed by atoms with Crippen LogP contribution in [0, 0.1) is 16.7 Å². The highest BCUT2D eigenvalue weighted by Gasteiger charge is 2.79. The van der Waals surface area contributed by atoms with Gasteiger partial charge in [-0.3, -0.25) is 14.4 Å². The fourth-order valence-electron chi connectivity index (χ4n) is 8.16. The molecule has 10 nitrogen and oxygen atoms in total. The van der Waals surface area contributed by atoms with E-state index < -0.39 is 69.9 Å². The lowest BCUT2D eigenvalue weighted by molar-refractivity contribution is -0.350. The van der Waals surface area contributed by atoms with Crippen LogP contribution in [0.1, 0.15) is 61.3 Å². The van der Waals surface area contributed by atoms with E-state index in [1.165, 1.54) is 28.1 Å². The number of rotatable bonds is 4. The number of hydrogen-bond donors (Lipinski definition) is 2. The van der Waals surface area contributed by atoms with Crippen LogP contribution in [0.2, 0.25) is 0 Å². The molecule has 3 aliphatic carbocycles. The predicted molar refractivity (Wildman–Crippen MR) is 129 cm³/mol. The highest BCUT2D eigenvalue weighted by molar-refractivity contribution is 5.97. The summed E-state index contributed by atoms with van der Waals surface area (Å²) in [6, 6.07) is 0. The maximum Gasteiger partial charge on any atom is 0.303 e. The van der Waals surface area contributed by atoms with Crippen LogP contribution >= 0.6 is 0 Å². The molecule has 1 saturated heterocycles. The second kappa shape index (κ2) is 8.58. The summed E-state index contributed by atoms with van der Waals surface area (Å²) in [7, 11) is 2.90. The highest BCUT2D eigenvalue weighted by Crippen LogP contribution is 2.66. The minimum absolute atomic E-state index is 0.0521. The number of esters is 2. The number of aliphatic hydroxyl groups is 2.